The molecule has 2 aromatic carbocycles. The van der Waals surface area contributed by atoms with Crippen molar-refractivity contribution in [1.29, 1.82) is 0 Å². The Bertz CT molecular complexity index is 950. The third-order valence-electron chi connectivity index (χ3n) is 4.78. The summed E-state index contributed by atoms with van der Waals surface area (Å²) in [6.45, 7) is 2.00. The van der Waals surface area contributed by atoms with Crippen molar-refractivity contribution in [2.24, 2.45) is 0 Å². The molecule has 0 atom stereocenters. The van der Waals surface area contributed by atoms with E-state index < -0.39 is 0 Å². The number of carbonyl (C=O) groups excluding carboxylic acids is 1. The molecular formula is C22H22N2O2S. The number of hydrogen-bond acceptors (Lipinski definition) is 4. The molecule has 4 rings (SSSR count). The van der Waals surface area contributed by atoms with E-state index in [4.69, 9.17) is 4.74 Å². The summed E-state index contributed by atoms with van der Waals surface area (Å²) in [4.78, 5) is 17.9. The summed E-state index contributed by atoms with van der Waals surface area (Å²) in [6.07, 6.45) is 4.72. The number of ether oxygens (including phenoxy) is 1. The fraction of sp³-hybridized carbons (Fsp3) is 0.273. The number of nitrogens with one attached hydrogen (secondary N) is 1. The van der Waals surface area contributed by atoms with E-state index in [1.807, 2.05) is 43.3 Å². The Kier molecular flexibility index (Phi) is 5.21. The van der Waals surface area contributed by atoms with Gasteiger partial charge >= 0.3 is 0 Å². The maximum absolute atomic E-state index is 12.3. The third-order valence-corrected chi connectivity index (χ3v) is 5.67. The maximum atomic E-state index is 12.3. The molecule has 0 fully saturated rings. The monoisotopic (exact) mass is 378 g/mol. The molecule has 0 bridgehead atoms. The van der Waals surface area contributed by atoms with Gasteiger partial charge in [-0.3, -0.25) is 10.1 Å². The van der Waals surface area contributed by atoms with Crippen LogP contribution >= 0.6 is 11.3 Å². The van der Waals surface area contributed by atoms with E-state index in [-0.39, 0.29) is 12.5 Å². The molecule has 0 spiro atoms. The summed E-state index contributed by atoms with van der Waals surface area (Å²) in [7, 11) is 0. The van der Waals surface area contributed by atoms with Crippen LogP contribution in [0.3, 0.4) is 0 Å². The van der Waals surface area contributed by atoms with Gasteiger partial charge in [-0.2, -0.15) is 0 Å². The number of aryl methyl sites for hydroxylation is 3. The van der Waals surface area contributed by atoms with Crippen LogP contribution in [0, 0.1) is 6.92 Å². The topological polar surface area (TPSA) is 51.2 Å². The highest BCUT2D eigenvalue weighted by Gasteiger charge is 2.13. The average molecular weight is 378 g/mol. The molecule has 1 aliphatic rings. The van der Waals surface area contributed by atoms with Gasteiger partial charge in [-0.05, 0) is 55.9 Å². The van der Waals surface area contributed by atoms with Gasteiger partial charge in [-0.15, -0.1) is 11.3 Å². The Balaban J connectivity index is 1.37. The highest BCUT2D eigenvalue weighted by atomic mass is 32.1. The van der Waals surface area contributed by atoms with Crippen LogP contribution in [0.25, 0.3) is 11.3 Å². The fourth-order valence-electron chi connectivity index (χ4n) is 3.42. The van der Waals surface area contributed by atoms with Gasteiger partial charge in [0.05, 0.1) is 5.69 Å². The molecule has 138 valence electrons. The molecule has 1 aliphatic carbocycles. The van der Waals surface area contributed by atoms with Crippen LogP contribution in [0.2, 0.25) is 0 Å². The summed E-state index contributed by atoms with van der Waals surface area (Å²) < 4.78 is 5.69. The van der Waals surface area contributed by atoms with Crippen molar-refractivity contribution in [2.75, 3.05) is 11.9 Å². The number of rotatable bonds is 5. The van der Waals surface area contributed by atoms with Crippen molar-refractivity contribution in [1.82, 2.24) is 4.98 Å². The van der Waals surface area contributed by atoms with Crippen LogP contribution in [-0.2, 0) is 17.6 Å². The zero-order valence-corrected chi connectivity index (χ0v) is 16.1. The van der Waals surface area contributed by atoms with Crippen LogP contribution in [0.1, 0.15) is 28.8 Å². The zero-order chi connectivity index (χ0) is 18.6. The van der Waals surface area contributed by atoms with Crippen LogP contribution in [0.15, 0.2) is 48.5 Å². The largest absolute Gasteiger partial charge is 0.484 e. The van der Waals surface area contributed by atoms with Gasteiger partial charge in [0.15, 0.2) is 11.7 Å². The number of hydrogen-bond donors (Lipinski definition) is 1. The standard InChI is InChI=1S/C22H22N2O2S/c1-15-21(17-8-3-2-4-9-17)24-22(27-15)23-20(25)14-26-19-12-11-16-7-5-6-10-18(16)13-19/h2-4,8-9,11-13H,5-7,10,14H2,1H3,(H,23,24,25). The Morgan fingerprint density at radius 2 is 1.89 bits per heavy atom. The number of benzene rings is 2. The second kappa shape index (κ2) is 7.92. The normalized spacial score (nSPS) is 13.1. The molecule has 0 unspecified atom stereocenters. The second-order valence-electron chi connectivity index (χ2n) is 6.76. The Morgan fingerprint density at radius 3 is 2.70 bits per heavy atom. The molecule has 1 amide bonds. The van der Waals surface area contributed by atoms with Crippen molar-refractivity contribution in [2.45, 2.75) is 32.6 Å². The van der Waals surface area contributed by atoms with Gasteiger partial charge in [0, 0.05) is 10.4 Å². The molecule has 1 aromatic heterocycles. The molecule has 1 N–H and O–H groups in total. The van der Waals surface area contributed by atoms with E-state index in [9.17, 15) is 4.79 Å². The molecule has 4 nitrogen and oxygen atoms in total. The lowest BCUT2D eigenvalue weighted by atomic mass is 9.92. The number of amides is 1. The number of nitrogens with zero attached hydrogens (tertiary/aromatic N) is 1. The lowest BCUT2D eigenvalue weighted by molar-refractivity contribution is -0.118. The Hall–Kier alpha value is -2.66. The SMILES string of the molecule is Cc1sc(NC(=O)COc2ccc3c(c2)CCCC3)nc1-c1ccccc1. The summed E-state index contributed by atoms with van der Waals surface area (Å²) in [6, 6.07) is 16.1. The van der Waals surface area contributed by atoms with Gasteiger partial charge in [0.2, 0.25) is 0 Å². The zero-order valence-electron chi connectivity index (χ0n) is 15.3. The fourth-order valence-corrected chi connectivity index (χ4v) is 4.27. The predicted molar refractivity (Wildman–Crippen MR) is 109 cm³/mol. The van der Waals surface area contributed by atoms with E-state index in [0.29, 0.717) is 5.13 Å². The molecule has 0 saturated heterocycles. The van der Waals surface area contributed by atoms with E-state index in [1.165, 1.54) is 35.3 Å². The smallest absolute Gasteiger partial charge is 0.264 e. The maximum Gasteiger partial charge on any atom is 0.264 e. The van der Waals surface area contributed by atoms with Crippen LogP contribution in [0.5, 0.6) is 5.75 Å². The molecular weight excluding hydrogens is 356 g/mol. The van der Waals surface area contributed by atoms with Crippen LogP contribution in [0.4, 0.5) is 5.13 Å². The molecule has 0 radical (unpaired) electrons. The van der Waals surface area contributed by atoms with Gasteiger partial charge in [0.25, 0.3) is 5.91 Å². The first-order chi connectivity index (χ1) is 13.2. The molecule has 5 heteroatoms. The van der Waals surface area contributed by atoms with Gasteiger partial charge in [0.1, 0.15) is 5.75 Å². The van der Waals surface area contributed by atoms with Crippen molar-refractivity contribution in [3.05, 3.63) is 64.5 Å². The third kappa shape index (κ3) is 4.19. The van der Waals surface area contributed by atoms with Crippen molar-refractivity contribution in [3.63, 3.8) is 0 Å². The first-order valence-electron chi connectivity index (χ1n) is 9.26. The molecule has 0 aliphatic heterocycles. The van der Waals surface area contributed by atoms with Gasteiger partial charge < -0.3 is 4.74 Å². The number of fused-ring (bicyclic) bond motifs is 1. The summed E-state index contributed by atoms with van der Waals surface area (Å²) >= 11 is 1.48. The Morgan fingerprint density at radius 1 is 1.11 bits per heavy atom. The van der Waals surface area contributed by atoms with Crippen molar-refractivity contribution in [3.8, 4) is 17.0 Å². The average Bonchev–Trinajstić information content (AvgIpc) is 3.07. The minimum atomic E-state index is -0.193. The summed E-state index contributed by atoms with van der Waals surface area (Å²) in [5, 5.41) is 3.45. The number of aromatic nitrogens is 1. The number of anilines is 1. The molecule has 0 saturated carbocycles. The predicted octanol–water partition coefficient (Wildman–Crippen LogP) is 5.01. The van der Waals surface area contributed by atoms with Crippen LogP contribution < -0.4 is 10.1 Å². The van der Waals surface area contributed by atoms with Crippen molar-refractivity contribution >= 4 is 22.4 Å². The van der Waals surface area contributed by atoms with Gasteiger partial charge in [-0.25, -0.2) is 4.98 Å². The number of thiazole rings is 1. The lowest BCUT2D eigenvalue weighted by Gasteiger charge is -2.16. The number of carbonyl (C=O) groups is 1. The van der Waals surface area contributed by atoms with E-state index in [1.54, 1.807) is 0 Å². The minimum absolute atomic E-state index is 0.0158. The van der Waals surface area contributed by atoms with E-state index >= 15 is 0 Å². The lowest BCUT2D eigenvalue weighted by Crippen LogP contribution is -2.20. The summed E-state index contributed by atoms with van der Waals surface area (Å²) in [5.41, 5.74) is 4.72. The minimum Gasteiger partial charge on any atom is -0.484 e. The van der Waals surface area contributed by atoms with Crippen molar-refractivity contribution < 1.29 is 9.53 Å². The quantitative estimate of drug-likeness (QED) is 0.679. The molecule has 27 heavy (non-hydrogen) atoms. The summed E-state index contributed by atoms with van der Waals surface area (Å²) in [5.74, 6) is 0.562. The Labute approximate surface area is 163 Å². The van der Waals surface area contributed by atoms with E-state index in [2.05, 4.69) is 22.4 Å². The highest BCUT2D eigenvalue weighted by molar-refractivity contribution is 7.16. The van der Waals surface area contributed by atoms with E-state index in [0.717, 1.165) is 34.7 Å². The molecule has 1 heterocycles. The first-order valence-corrected chi connectivity index (χ1v) is 10.1. The molecule has 3 aromatic rings. The highest BCUT2D eigenvalue weighted by Crippen LogP contribution is 2.30. The first kappa shape index (κ1) is 17.7. The van der Waals surface area contributed by atoms with Crippen LogP contribution in [-0.4, -0.2) is 17.5 Å². The second-order valence-corrected chi connectivity index (χ2v) is 7.97. The van der Waals surface area contributed by atoms with Gasteiger partial charge in [-0.1, -0.05) is 36.4 Å².